The van der Waals surface area contributed by atoms with Gasteiger partial charge in [-0.1, -0.05) is 53.7 Å². The second-order valence-electron chi connectivity index (χ2n) is 25.5. The van der Waals surface area contributed by atoms with Gasteiger partial charge in [-0.05, 0) is 214 Å². The Bertz CT molecular complexity index is 1830. The molecule has 15 rings (SSSR count). The molecule has 0 radical (unpaired) electrons. The molecular weight excluding hydrogens is 711 g/mol. The number of nitrogens with zero attached hydrogens (tertiary/aromatic N) is 3. The van der Waals surface area contributed by atoms with Gasteiger partial charge in [0.1, 0.15) is 11.5 Å². The van der Waals surface area contributed by atoms with Gasteiger partial charge < -0.3 is 20.0 Å². The number of guanidine groups is 1. The maximum absolute atomic E-state index is 13.0. The fourth-order valence-electron chi connectivity index (χ4n) is 17.7. The van der Waals surface area contributed by atoms with Crippen molar-refractivity contribution in [1.29, 1.82) is 0 Å². The summed E-state index contributed by atoms with van der Waals surface area (Å²) in [5, 5.41) is 26.0. The lowest BCUT2D eigenvalue weighted by atomic mass is 9.48. The molecule has 312 valence electrons. The quantitative estimate of drug-likeness (QED) is 0.317. The SMILES string of the molecule is CC(C)(C)c1cc(N2CCN(c3cc(C(C)(C)C)cc(C45CC6CC(CC(C6)C4)C5)c3O)C2=NC23CC4CC(CC(C4)C2)C3)c(O)c(C23CC4CC(CC(C4)C2)C3)c1. The fourth-order valence-corrected chi connectivity index (χ4v) is 17.7. The van der Waals surface area contributed by atoms with Gasteiger partial charge in [0.2, 0.25) is 5.96 Å². The molecule has 2 N–H and O–H groups in total. The van der Waals surface area contributed by atoms with Crippen LogP contribution in [0, 0.1) is 53.3 Å². The van der Waals surface area contributed by atoms with Gasteiger partial charge in [0.05, 0.1) is 16.9 Å². The smallest absolute Gasteiger partial charge is 0.206 e. The van der Waals surface area contributed by atoms with Crippen LogP contribution in [0.25, 0.3) is 0 Å². The number of hydrogen-bond donors (Lipinski definition) is 2. The summed E-state index contributed by atoms with van der Waals surface area (Å²) in [4.78, 5) is 11.1. The molecule has 13 aliphatic rings. The summed E-state index contributed by atoms with van der Waals surface area (Å²) in [7, 11) is 0. The first-order chi connectivity index (χ1) is 27.5. The lowest BCUT2D eigenvalue weighted by molar-refractivity contribution is -0.00631. The topological polar surface area (TPSA) is 59.3 Å². The third-order valence-corrected chi connectivity index (χ3v) is 19.1. The minimum atomic E-state index is -0.0534. The van der Waals surface area contributed by atoms with Crippen molar-refractivity contribution in [3.8, 4) is 11.5 Å². The molecule has 1 aliphatic heterocycles. The minimum Gasteiger partial charge on any atom is -0.505 e. The Morgan fingerprint density at radius 1 is 0.466 bits per heavy atom. The highest BCUT2D eigenvalue weighted by Gasteiger charge is 2.56. The normalized spacial score (nSPS) is 42.0. The Hall–Kier alpha value is -2.69. The van der Waals surface area contributed by atoms with Gasteiger partial charge in [0.15, 0.2) is 0 Å². The molecule has 2 aromatic carbocycles. The van der Waals surface area contributed by atoms with Gasteiger partial charge >= 0.3 is 0 Å². The molecule has 2 aromatic rings. The zero-order valence-corrected chi connectivity index (χ0v) is 36.9. The maximum Gasteiger partial charge on any atom is 0.206 e. The molecule has 5 heteroatoms. The fraction of sp³-hybridized carbons (Fsp3) is 0.755. The van der Waals surface area contributed by atoms with E-state index in [0.29, 0.717) is 11.5 Å². The van der Waals surface area contributed by atoms with Crippen molar-refractivity contribution in [1.82, 2.24) is 0 Å². The Labute approximate surface area is 349 Å². The average Bonchev–Trinajstić information content (AvgIpc) is 3.51. The summed E-state index contributed by atoms with van der Waals surface area (Å²) < 4.78 is 0. The van der Waals surface area contributed by atoms with Crippen LogP contribution in [0.3, 0.4) is 0 Å². The van der Waals surface area contributed by atoms with Crippen molar-refractivity contribution in [2.75, 3.05) is 22.9 Å². The second kappa shape index (κ2) is 12.2. The van der Waals surface area contributed by atoms with Crippen LogP contribution in [0.15, 0.2) is 29.3 Å². The van der Waals surface area contributed by atoms with Crippen molar-refractivity contribution < 1.29 is 10.2 Å². The average molecular weight is 784 g/mol. The zero-order valence-electron chi connectivity index (χ0n) is 36.9. The Balaban J connectivity index is 1.03. The largest absolute Gasteiger partial charge is 0.505 e. The number of aliphatic imine (C=N–C) groups is 1. The van der Waals surface area contributed by atoms with E-state index in [9.17, 15) is 10.2 Å². The molecule has 1 saturated heterocycles. The molecule has 0 spiro atoms. The molecule has 0 unspecified atom stereocenters. The third-order valence-electron chi connectivity index (χ3n) is 19.1. The molecule has 0 atom stereocenters. The van der Waals surface area contributed by atoms with E-state index in [0.717, 1.165) is 83.7 Å². The Kier molecular flexibility index (Phi) is 7.83. The predicted molar refractivity (Wildman–Crippen MR) is 236 cm³/mol. The summed E-state index contributed by atoms with van der Waals surface area (Å²) in [6.45, 7) is 15.7. The molecule has 13 fully saturated rings. The molecule has 12 bridgehead atoms. The molecular formula is C53H73N3O2. The highest BCUT2D eigenvalue weighted by Crippen LogP contribution is 2.65. The van der Waals surface area contributed by atoms with E-state index >= 15 is 0 Å². The van der Waals surface area contributed by atoms with Crippen LogP contribution in [-0.2, 0) is 21.7 Å². The molecule has 12 aliphatic carbocycles. The molecule has 5 nitrogen and oxygen atoms in total. The molecule has 0 aromatic heterocycles. The van der Waals surface area contributed by atoms with Crippen LogP contribution in [0.4, 0.5) is 11.4 Å². The van der Waals surface area contributed by atoms with Gasteiger partial charge in [-0.3, -0.25) is 0 Å². The number of aromatic hydroxyl groups is 2. The maximum atomic E-state index is 13.0. The van der Waals surface area contributed by atoms with Gasteiger partial charge in [-0.15, -0.1) is 0 Å². The van der Waals surface area contributed by atoms with E-state index in [-0.39, 0.29) is 27.2 Å². The third kappa shape index (κ3) is 5.68. The Morgan fingerprint density at radius 3 is 1.05 bits per heavy atom. The van der Waals surface area contributed by atoms with E-state index < -0.39 is 0 Å². The molecule has 58 heavy (non-hydrogen) atoms. The molecule has 1 heterocycles. The van der Waals surface area contributed by atoms with Crippen molar-refractivity contribution in [3.05, 3.63) is 46.5 Å². The number of phenolic OH excluding ortho intramolecular Hbond substituents is 2. The van der Waals surface area contributed by atoms with E-state index in [1.165, 1.54) is 138 Å². The van der Waals surface area contributed by atoms with E-state index in [4.69, 9.17) is 4.99 Å². The number of phenols is 2. The summed E-state index contributed by atoms with van der Waals surface area (Å²) in [5.74, 6) is 9.28. The number of anilines is 2. The standard InChI is InChI=1S/C53H73N3O2/c1-49(2,3)40-18-42(51-22-31-9-32(23-51)11-33(10-31)24-51)46(57)44(20-40)55-7-8-56(48(55)54-53-28-37-15-38(29-53)17-39(16-37)30-53)45-21-41(50(4,5)6)19-43(47(45)58)52-25-34-12-35(26-52)14-36(13-34)27-52/h18-21,31-39,57-58H,7-17,22-30H2,1-6H3. The van der Waals surface area contributed by atoms with Crippen LogP contribution >= 0.6 is 0 Å². The van der Waals surface area contributed by atoms with Gasteiger partial charge in [0.25, 0.3) is 0 Å². The van der Waals surface area contributed by atoms with Crippen molar-refractivity contribution >= 4 is 17.3 Å². The number of rotatable bonds is 5. The first-order valence-electron chi connectivity index (χ1n) is 24.4. The van der Waals surface area contributed by atoms with Crippen LogP contribution in [0.1, 0.15) is 179 Å². The summed E-state index contributed by atoms with van der Waals surface area (Å²) in [6.07, 6.45) is 23.6. The van der Waals surface area contributed by atoms with Crippen LogP contribution in [0.2, 0.25) is 0 Å². The first kappa shape index (κ1) is 37.1. The summed E-state index contributed by atoms with van der Waals surface area (Å²) >= 11 is 0. The first-order valence-corrected chi connectivity index (χ1v) is 24.4. The lowest BCUT2D eigenvalue weighted by Crippen LogP contribution is -2.51. The predicted octanol–water partition coefficient (Wildman–Crippen LogP) is 12.3. The van der Waals surface area contributed by atoms with E-state index in [2.05, 4.69) is 75.6 Å². The van der Waals surface area contributed by atoms with Gasteiger partial charge in [-0.25, -0.2) is 4.99 Å². The van der Waals surface area contributed by atoms with Gasteiger partial charge in [0, 0.05) is 24.2 Å². The van der Waals surface area contributed by atoms with Crippen molar-refractivity contribution in [3.63, 3.8) is 0 Å². The summed E-state index contributed by atoms with van der Waals surface area (Å²) in [6, 6.07) is 9.60. The van der Waals surface area contributed by atoms with Crippen molar-refractivity contribution in [2.45, 2.75) is 184 Å². The summed E-state index contributed by atoms with van der Waals surface area (Å²) in [5.41, 5.74) is 7.09. The van der Waals surface area contributed by atoms with E-state index in [1.54, 1.807) is 0 Å². The molecule has 0 amide bonds. The van der Waals surface area contributed by atoms with Crippen LogP contribution in [0.5, 0.6) is 11.5 Å². The lowest BCUT2D eigenvalue weighted by Gasteiger charge is -2.57. The number of benzene rings is 2. The Morgan fingerprint density at radius 2 is 0.759 bits per heavy atom. The minimum absolute atomic E-state index is 0.0506. The van der Waals surface area contributed by atoms with Gasteiger partial charge in [-0.2, -0.15) is 0 Å². The van der Waals surface area contributed by atoms with E-state index in [1.807, 2.05) is 0 Å². The monoisotopic (exact) mass is 784 g/mol. The van der Waals surface area contributed by atoms with Crippen LogP contribution in [-0.4, -0.2) is 34.8 Å². The highest BCUT2D eigenvalue weighted by molar-refractivity contribution is 6.11. The highest BCUT2D eigenvalue weighted by atomic mass is 16.3. The van der Waals surface area contributed by atoms with Crippen LogP contribution < -0.4 is 9.80 Å². The number of hydrogen-bond acceptors (Lipinski definition) is 3. The molecule has 12 saturated carbocycles. The van der Waals surface area contributed by atoms with Crippen molar-refractivity contribution in [2.24, 2.45) is 58.3 Å². The zero-order chi connectivity index (χ0) is 39.7. The second-order valence-corrected chi connectivity index (χ2v) is 25.5.